The van der Waals surface area contributed by atoms with Crippen molar-refractivity contribution < 1.29 is 0 Å². The Bertz CT molecular complexity index is 542. The van der Waals surface area contributed by atoms with Gasteiger partial charge in [-0.3, -0.25) is 0 Å². The van der Waals surface area contributed by atoms with Crippen molar-refractivity contribution in [2.24, 2.45) is 0 Å². The third-order valence-corrected chi connectivity index (χ3v) is 4.47. The molecule has 0 aliphatic heterocycles. The van der Waals surface area contributed by atoms with Crippen molar-refractivity contribution in [3.63, 3.8) is 0 Å². The molecule has 96 valence electrons. The highest BCUT2D eigenvalue weighted by Gasteiger charge is 2.07. The summed E-state index contributed by atoms with van der Waals surface area (Å²) in [6, 6.07) is 6.13. The lowest BCUT2D eigenvalue weighted by Crippen LogP contribution is -2.16. The van der Waals surface area contributed by atoms with Gasteiger partial charge in [0.15, 0.2) is 0 Å². The molecule has 0 spiro atoms. The number of hydrogen-bond donors (Lipinski definition) is 0. The molecular formula is C13H14BrClN2S. The molecule has 0 aliphatic carbocycles. The van der Waals surface area contributed by atoms with Crippen molar-refractivity contribution in [1.29, 1.82) is 0 Å². The highest BCUT2D eigenvalue weighted by molar-refractivity contribution is 9.08. The van der Waals surface area contributed by atoms with Crippen LogP contribution >= 0.6 is 38.9 Å². The summed E-state index contributed by atoms with van der Waals surface area (Å²) in [5, 5.41) is 4.78. The van der Waals surface area contributed by atoms with Gasteiger partial charge in [0, 0.05) is 28.5 Å². The van der Waals surface area contributed by atoms with E-state index in [4.69, 9.17) is 11.6 Å². The zero-order valence-corrected chi connectivity index (χ0v) is 13.4. The van der Waals surface area contributed by atoms with Gasteiger partial charge in [0.1, 0.15) is 0 Å². The van der Waals surface area contributed by atoms with Crippen molar-refractivity contribution in [2.45, 2.75) is 18.8 Å². The number of hydrogen-bond acceptors (Lipinski definition) is 3. The van der Waals surface area contributed by atoms with Crippen molar-refractivity contribution in [2.75, 3.05) is 11.9 Å². The highest BCUT2D eigenvalue weighted by atomic mass is 79.9. The van der Waals surface area contributed by atoms with Crippen molar-refractivity contribution >= 4 is 44.6 Å². The van der Waals surface area contributed by atoms with E-state index in [0.717, 1.165) is 38.8 Å². The smallest absolute Gasteiger partial charge is 0.0898 e. The fourth-order valence-electron chi connectivity index (χ4n) is 1.70. The highest BCUT2D eigenvalue weighted by Crippen LogP contribution is 2.25. The zero-order chi connectivity index (χ0) is 13.1. The summed E-state index contributed by atoms with van der Waals surface area (Å²) >= 11 is 11.3. The van der Waals surface area contributed by atoms with Crippen LogP contribution in [-0.2, 0) is 11.9 Å². The standard InChI is InChI=1S/C13H14BrClN2S/c1-9-16-11(8-18-9)7-17(2)12-4-3-10(6-14)13(15)5-12/h3-5,8H,6-7H2,1-2H3. The van der Waals surface area contributed by atoms with Crippen LogP contribution < -0.4 is 4.90 Å². The Kier molecular flexibility index (Phi) is 4.65. The second kappa shape index (κ2) is 6.04. The van der Waals surface area contributed by atoms with Gasteiger partial charge in [-0.05, 0) is 24.6 Å². The maximum Gasteiger partial charge on any atom is 0.0898 e. The van der Waals surface area contributed by atoms with Crippen LogP contribution in [0, 0.1) is 6.92 Å². The molecular weight excluding hydrogens is 332 g/mol. The van der Waals surface area contributed by atoms with Crippen molar-refractivity contribution in [1.82, 2.24) is 4.98 Å². The average molecular weight is 346 g/mol. The molecule has 0 aliphatic rings. The van der Waals surface area contributed by atoms with Crippen LogP contribution in [0.3, 0.4) is 0 Å². The quantitative estimate of drug-likeness (QED) is 0.751. The van der Waals surface area contributed by atoms with Gasteiger partial charge in [-0.2, -0.15) is 0 Å². The number of aromatic nitrogens is 1. The van der Waals surface area contributed by atoms with Gasteiger partial charge in [0.05, 0.1) is 17.2 Å². The Labute approximate surface area is 125 Å². The molecule has 5 heteroatoms. The Morgan fingerprint density at radius 1 is 1.44 bits per heavy atom. The Hall–Kier alpha value is -0.580. The van der Waals surface area contributed by atoms with Gasteiger partial charge in [0.25, 0.3) is 0 Å². The van der Waals surface area contributed by atoms with Gasteiger partial charge in [-0.1, -0.05) is 33.6 Å². The van der Waals surface area contributed by atoms with E-state index in [9.17, 15) is 0 Å². The van der Waals surface area contributed by atoms with Gasteiger partial charge in [0.2, 0.25) is 0 Å². The topological polar surface area (TPSA) is 16.1 Å². The second-order valence-corrected chi connectivity index (χ2v) is 6.15. The minimum absolute atomic E-state index is 0.779. The zero-order valence-electron chi connectivity index (χ0n) is 10.3. The molecule has 2 nitrogen and oxygen atoms in total. The van der Waals surface area contributed by atoms with Gasteiger partial charge >= 0.3 is 0 Å². The molecule has 0 radical (unpaired) electrons. The first-order chi connectivity index (χ1) is 8.60. The average Bonchev–Trinajstić information content (AvgIpc) is 2.74. The molecule has 2 aromatic rings. The largest absolute Gasteiger partial charge is 0.369 e. The van der Waals surface area contributed by atoms with E-state index >= 15 is 0 Å². The third kappa shape index (κ3) is 3.25. The van der Waals surface area contributed by atoms with E-state index < -0.39 is 0 Å². The number of thiazole rings is 1. The van der Waals surface area contributed by atoms with Crippen LogP contribution in [-0.4, -0.2) is 12.0 Å². The molecule has 0 saturated carbocycles. The number of halogens is 2. The number of nitrogens with zero attached hydrogens (tertiary/aromatic N) is 2. The Morgan fingerprint density at radius 3 is 2.78 bits per heavy atom. The molecule has 2 rings (SSSR count). The van der Waals surface area contributed by atoms with Crippen LogP contribution in [0.25, 0.3) is 0 Å². The van der Waals surface area contributed by atoms with Gasteiger partial charge in [-0.25, -0.2) is 4.98 Å². The third-order valence-electron chi connectivity index (χ3n) is 2.69. The molecule has 0 amide bonds. The van der Waals surface area contributed by atoms with Crippen molar-refractivity contribution in [3.05, 3.63) is 44.9 Å². The van der Waals surface area contributed by atoms with Gasteiger partial charge in [-0.15, -0.1) is 11.3 Å². The second-order valence-electron chi connectivity index (χ2n) is 4.12. The first-order valence-corrected chi connectivity index (χ1v) is 7.94. The number of alkyl halides is 1. The summed E-state index contributed by atoms with van der Waals surface area (Å²) in [7, 11) is 2.05. The summed E-state index contributed by atoms with van der Waals surface area (Å²) in [5.41, 5.74) is 3.31. The molecule has 0 unspecified atom stereocenters. The lowest BCUT2D eigenvalue weighted by Gasteiger charge is -2.19. The molecule has 18 heavy (non-hydrogen) atoms. The first kappa shape index (κ1) is 13.8. The summed E-state index contributed by atoms with van der Waals surface area (Å²) < 4.78 is 0. The Balaban J connectivity index is 2.13. The van der Waals surface area contributed by atoms with Crippen LogP contribution in [0.4, 0.5) is 5.69 Å². The monoisotopic (exact) mass is 344 g/mol. The minimum atomic E-state index is 0.779. The maximum atomic E-state index is 6.21. The number of benzene rings is 1. The lowest BCUT2D eigenvalue weighted by molar-refractivity contribution is 0.890. The van der Waals surface area contributed by atoms with E-state index in [1.54, 1.807) is 11.3 Å². The normalized spacial score (nSPS) is 10.7. The first-order valence-electron chi connectivity index (χ1n) is 5.56. The predicted molar refractivity (Wildman–Crippen MR) is 83.0 cm³/mol. The molecule has 0 bridgehead atoms. The number of rotatable bonds is 4. The summed E-state index contributed by atoms with van der Waals surface area (Å²) in [4.78, 5) is 6.62. The summed E-state index contributed by atoms with van der Waals surface area (Å²) in [6.45, 7) is 2.82. The van der Waals surface area contributed by atoms with Gasteiger partial charge < -0.3 is 4.90 Å². The molecule has 0 saturated heterocycles. The maximum absolute atomic E-state index is 6.21. The number of anilines is 1. The van der Waals surface area contributed by atoms with Crippen LogP contribution in [0.15, 0.2) is 23.6 Å². The molecule has 0 N–H and O–H groups in total. The van der Waals surface area contributed by atoms with E-state index in [2.05, 4.69) is 43.3 Å². The predicted octanol–water partition coefficient (Wildman–Crippen LogP) is 4.64. The fourth-order valence-corrected chi connectivity index (χ4v) is 3.19. The van der Waals surface area contributed by atoms with Crippen molar-refractivity contribution in [3.8, 4) is 0 Å². The van der Waals surface area contributed by atoms with Crippen LogP contribution in [0.5, 0.6) is 0 Å². The minimum Gasteiger partial charge on any atom is -0.369 e. The lowest BCUT2D eigenvalue weighted by atomic mass is 10.2. The SMILES string of the molecule is Cc1nc(CN(C)c2ccc(CBr)c(Cl)c2)cs1. The van der Waals surface area contributed by atoms with E-state index in [0.29, 0.717) is 0 Å². The van der Waals surface area contributed by atoms with E-state index in [1.165, 1.54) is 0 Å². The summed E-state index contributed by atoms with van der Waals surface area (Å²) in [6.07, 6.45) is 0. The molecule has 0 fully saturated rings. The van der Waals surface area contributed by atoms with E-state index in [-0.39, 0.29) is 0 Å². The summed E-state index contributed by atoms with van der Waals surface area (Å²) in [5.74, 6) is 0. The molecule has 1 aromatic carbocycles. The fraction of sp³-hybridized carbons (Fsp3) is 0.308. The van der Waals surface area contributed by atoms with E-state index in [1.807, 2.05) is 20.0 Å². The number of aryl methyl sites for hydroxylation is 1. The molecule has 0 atom stereocenters. The molecule has 1 aromatic heterocycles. The Morgan fingerprint density at radius 2 is 2.22 bits per heavy atom. The van der Waals surface area contributed by atoms with Crippen LogP contribution in [0.1, 0.15) is 16.3 Å². The van der Waals surface area contributed by atoms with Crippen LogP contribution in [0.2, 0.25) is 5.02 Å². The molecule has 1 heterocycles.